The van der Waals surface area contributed by atoms with Gasteiger partial charge in [-0.15, -0.1) is 0 Å². The van der Waals surface area contributed by atoms with Gasteiger partial charge in [-0.2, -0.15) is 0 Å². The molecule has 0 radical (unpaired) electrons. The van der Waals surface area contributed by atoms with Gasteiger partial charge in [0, 0.05) is 31.9 Å². The van der Waals surface area contributed by atoms with Crippen molar-refractivity contribution in [2.75, 3.05) is 6.54 Å². The van der Waals surface area contributed by atoms with Crippen LogP contribution in [0.15, 0.2) is 48.8 Å². The van der Waals surface area contributed by atoms with Crippen LogP contribution in [0.1, 0.15) is 42.5 Å². The third-order valence-electron chi connectivity index (χ3n) is 5.17. The smallest absolute Gasteiger partial charge is 0.225 e. The molecule has 1 saturated heterocycles. The number of rotatable bonds is 6. The van der Waals surface area contributed by atoms with Gasteiger partial charge in [0.05, 0.1) is 18.6 Å². The molecule has 2 atom stereocenters. The average Bonchev–Trinajstić information content (AvgIpc) is 2.72. The summed E-state index contributed by atoms with van der Waals surface area (Å²) in [6.07, 6.45) is 4.28. The Morgan fingerprint density at radius 1 is 1.22 bits per heavy atom. The molecular formula is C21H25N3O3. The number of aromatic nitrogens is 1. The number of nitrogens with one attached hydrogen (secondary N) is 1. The number of hydrogen-bond donors (Lipinski definition) is 2. The molecule has 6 nitrogen and oxygen atoms in total. The molecular weight excluding hydrogens is 342 g/mol. The number of piperidine rings is 1. The summed E-state index contributed by atoms with van der Waals surface area (Å²) in [4.78, 5) is 31.2. The predicted molar refractivity (Wildman–Crippen MR) is 101 cm³/mol. The fraction of sp³-hybridized carbons (Fsp3) is 0.381. The molecule has 1 aliphatic heterocycles. The normalized spacial score (nSPS) is 19.8. The van der Waals surface area contributed by atoms with Crippen molar-refractivity contribution >= 4 is 11.8 Å². The second kappa shape index (κ2) is 8.77. The average molecular weight is 367 g/mol. The lowest BCUT2D eigenvalue weighted by Crippen LogP contribution is -2.47. The number of hydrogen-bond acceptors (Lipinski definition) is 4. The quantitative estimate of drug-likeness (QED) is 0.820. The molecule has 27 heavy (non-hydrogen) atoms. The molecule has 142 valence electrons. The van der Waals surface area contributed by atoms with Crippen molar-refractivity contribution in [2.45, 2.75) is 39.0 Å². The summed E-state index contributed by atoms with van der Waals surface area (Å²) in [7, 11) is 0. The molecule has 0 spiro atoms. The number of nitrogens with zero attached hydrogens (tertiary/aromatic N) is 2. The van der Waals surface area contributed by atoms with Crippen LogP contribution in [0, 0.1) is 5.92 Å². The summed E-state index contributed by atoms with van der Waals surface area (Å²) < 4.78 is 0. The van der Waals surface area contributed by atoms with Crippen molar-refractivity contribution in [3.05, 3.63) is 65.5 Å². The SMILES string of the molecule is CCN1C(=O)CC[C@H](C(=O)NCc2ccccc2CO)[C@H]1c1ccncc1. The van der Waals surface area contributed by atoms with E-state index in [4.69, 9.17) is 0 Å². The van der Waals surface area contributed by atoms with Crippen molar-refractivity contribution in [3.8, 4) is 0 Å². The lowest BCUT2D eigenvalue weighted by molar-refractivity contribution is -0.143. The molecule has 1 fully saturated rings. The van der Waals surface area contributed by atoms with Gasteiger partial charge in [-0.3, -0.25) is 14.6 Å². The summed E-state index contributed by atoms with van der Waals surface area (Å²) in [5.74, 6) is -0.309. The van der Waals surface area contributed by atoms with E-state index in [0.29, 0.717) is 25.9 Å². The van der Waals surface area contributed by atoms with E-state index in [1.165, 1.54) is 0 Å². The highest BCUT2D eigenvalue weighted by atomic mass is 16.3. The van der Waals surface area contributed by atoms with Crippen molar-refractivity contribution in [2.24, 2.45) is 5.92 Å². The minimum absolute atomic E-state index is 0.0623. The van der Waals surface area contributed by atoms with E-state index >= 15 is 0 Å². The van der Waals surface area contributed by atoms with Crippen LogP contribution >= 0.6 is 0 Å². The number of aliphatic hydroxyl groups excluding tert-OH is 1. The first-order valence-corrected chi connectivity index (χ1v) is 9.30. The summed E-state index contributed by atoms with van der Waals surface area (Å²) in [5.41, 5.74) is 2.63. The molecule has 2 amide bonds. The number of carbonyl (C=O) groups is 2. The van der Waals surface area contributed by atoms with E-state index in [9.17, 15) is 14.7 Å². The molecule has 1 aliphatic rings. The molecule has 3 rings (SSSR count). The fourth-order valence-electron chi connectivity index (χ4n) is 3.77. The molecule has 0 unspecified atom stereocenters. The topological polar surface area (TPSA) is 82.5 Å². The van der Waals surface area contributed by atoms with Crippen LogP contribution in [0.2, 0.25) is 0 Å². The Balaban J connectivity index is 1.80. The summed E-state index contributed by atoms with van der Waals surface area (Å²) >= 11 is 0. The monoisotopic (exact) mass is 367 g/mol. The van der Waals surface area contributed by atoms with Crippen molar-refractivity contribution < 1.29 is 14.7 Å². The highest BCUT2D eigenvalue weighted by Gasteiger charge is 2.39. The maximum Gasteiger partial charge on any atom is 0.225 e. The van der Waals surface area contributed by atoms with Crippen LogP contribution < -0.4 is 5.32 Å². The van der Waals surface area contributed by atoms with Gasteiger partial charge < -0.3 is 15.3 Å². The molecule has 2 heterocycles. The zero-order chi connectivity index (χ0) is 19.2. The Bertz CT molecular complexity index is 794. The van der Waals surface area contributed by atoms with Crippen LogP contribution in [0.5, 0.6) is 0 Å². The van der Waals surface area contributed by atoms with E-state index in [-0.39, 0.29) is 30.4 Å². The van der Waals surface area contributed by atoms with Crippen LogP contribution in [0.3, 0.4) is 0 Å². The van der Waals surface area contributed by atoms with Gasteiger partial charge in [0.1, 0.15) is 0 Å². The van der Waals surface area contributed by atoms with Crippen molar-refractivity contribution in [3.63, 3.8) is 0 Å². The van der Waals surface area contributed by atoms with Gasteiger partial charge in [-0.1, -0.05) is 24.3 Å². The third-order valence-corrected chi connectivity index (χ3v) is 5.17. The van der Waals surface area contributed by atoms with Crippen LogP contribution in [0.4, 0.5) is 0 Å². The van der Waals surface area contributed by atoms with E-state index in [2.05, 4.69) is 10.3 Å². The first-order valence-electron chi connectivity index (χ1n) is 9.30. The second-order valence-electron chi connectivity index (χ2n) is 6.69. The first-order chi connectivity index (χ1) is 13.2. The zero-order valence-corrected chi connectivity index (χ0v) is 15.5. The standard InChI is InChI=1S/C21H25N3O3/c1-2-24-19(26)8-7-18(20(24)15-9-11-22-12-10-15)21(27)23-13-16-5-3-4-6-17(16)14-25/h3-6,9-12,18,20,25H,2,7-8,13-14H2,1H3,(H,23,27)/t18-,20+/m0/s1. The lowest BCUT2D eigenvalue weighted by Gasteiger charge is -2.40. The molecule has 0 bridgehead atoms. The molecule has 0 aliphatic carbocycles. The molecule has 0 saturated carbocycles. The van der Waals surface area contributed by atoms with Gasteiger partial charge >= 0.3 is 0 Å². The number of benzene rings is 1. The van der Waals surface area contributed by atoms with Gasteiger partial charge in [-0.05, 0) is 42.2 Å². The minimum atomic E-state index is -0.314. The Labute approximate surface area is 159 Å². The van der Waals surface area contributed by atoms with Crippen LogP contribution in [-0.4, -0.2) is 33.3 Å². The molecule has 1 aromatic carbocycles. The summed E-state index contributed by atoms with van der Waals surface area (Å²) in [6, 6.07) is 10.9. The lowest BCUT2D eigenvalue weighted by atomic mass is 9.84. The zero-order valence-electron chi connectivity index (χ0n) is 15.5. The van der Waals surface area contributed by atoms with Gasteiger partial charge in [0.15, 0.2) is 0 Å². The number of pyridine rings is 1. The minimum Gasteiger partial charge on any atom is -0.392 e. The molecule has 2 N–H and O–H groups in total. The van der Waals surface area contributed by atoms with E-state index < -0.39 is 0 Å². The number of carbonyl (C=O) groups excluding carboxylic acids is 2. The molecule has 6 heteroatoms. The highest BCUT2D eigenvalue weighted by molar-refractivity contribution is 5.85. The highest BCUT2D eigenvalue weighted by Crippen LogP contribution is 2.36. The largest absolute Gasteiger partial charge is 0.392 e. The van der Waals surface area contributed by atoms with Crippen molar-refractivity contribution in [1.82, 2.24) is 15.2 Å². The summed E-state index contributed by atoms with van der Waals surface area (Å²) in [6.45, 7) is 2.79. The number of likely N-dealkylation sites (tertiary alicyclic amines) is 1. The summed E-state index contributed by atoms with van der Waals surface area (Å²) in [5, 5.41) is 12.5. The molecule has 2 aromatic rings. The van der Waals surface area contributed by atoms with Crippen LogP contribution in [0.25, 0.3) is 0 Å². The maximum atomic E-state index is 13.0. The number of aliphatic hydroxyl groups is 1. The second-order valence-corrected chi connectivity index (χ2v) is 6.69. The number of amides is 2. The van der Waals surface area contributed by atoms with Gasteiger partial charge in [0.2, 0.25) is 11.8 Å². The Kier molecular flexibility index (Phi) is 6.19. The van der Waals surface area contributed by atoms with E-state index in [1.807, 2.05) is 43.3 Å². The fourth-order valence-corrected chi connectivity index (χ4v) is 3.77. The Morgan fingerprint density at radius 3 is 2.59 bits per heavy atom. The Hall–Kier alpha value is -2.73. The van der Waals surface area contributed by atoms with E-state index in [0.717, 1.165) is 16.7 Å². The van der Waals surface area contributed by atoms with Crippen LogP contribution in [-0.2, 0) is 22.7 Å². The van der Waals surface area contributed by atoms with Crippen molar-refractivity contribution in [1.29, 1.82) is 0 Å². The van der Waals surface area contributed by atoms with Gasteiger partial charge in [0.25, 0.3) is 0 Å². The Morgan fingerprint density at radius 2 is 1.93 bits per heavy atom. The third kappa shape index (κ3) is 4.17. The van der Waals surface area contributed by atoms with Gasteiger partial charge in [-0.25, -0.2) is 0 Å². The predicted octanol–water partition coefficient (Wildman–Crippen LogP) is 2.19. The molecule has 1 aromatic heterocycles. The maximum absolute atomic E-state index is 13.0. The first kappa shape index (κ1) is 19.0. The van der Waals surface area contributed by atoms with E-state index in [1.54, 1.807) is 17.3 Å².